The number of carbonyl (C=O) groups excluding carboxylic acids is 1. The van der Waals surface area contributed by atoms with Crippen LogP contribution in [-0.2, 0) is 14.8 Å². The fourth-order valence-electron chi connectivity index (χ4n) is 4.50. The Hall–Kier alpha value is -1.96. The van der Waals surface area contributed by atoms with Crippen molar-refractivity contribution in [1.82, 2.24) is 14.9 Å². The molecule has 1 fully saturated rings. The van der Waals surface area contributed by atoms with Gasteiger partial charge >= 0.3 is 0 Å². The highest BCUT2D eigenvalue weighted by molar-refractivity contribution is 7.89. The van der Waals surface area contributed by atoms with Gasteiger partial charge in [-0.1, -0.05) is 49.7 Å². The van der Waals surface area contributed by atoms with Crippen LogP contribution >= 0.6 is 0 Å². The van der Waals surface area contributed by atoms with Crippen LogP contribution in [0.15, 0.2) is 47.4 Å². The lowest BCUT2D eigenvalue weighted by Crippen LogP contribution is -2.54. The van der Waals surface area contributed by atoms with E-state index in [9.17, 15) is 13.2 Å². The van der Waals surface area contributed by atoms with E-state index in [1.165, 1.54) is 6.42 Å². The Morgan fingerprint density at radius 3 is 2.48 bits per heavy atom. The highest BCUT2D eigenvalue weighted by Gasteiger charge is 2.28. The Morgan fingerprint density at radius 2 is 1.77 bits per heavy atom. The number of nitrogens with zero attached hydrogens (tertiary/aromatic N) is 1. The summed E-state index contributed by atoms with van der Waals surface area (Å²) < 4.78 is 29.1. The molecule has 31 heavy (non-hydrogen) atoms. The number of piperidine rings is 1. The summed E-state index contributed by atoms with van der Waals surface area (Å²) in [6.45, 7) is 7.18. The third-order valence-corrected chi connectivity index (χ3v) is 7.69. The molecule has 3 rings (SSSR count). The number of benzene rings is 2. The molecule has 0 unspecified atom stereocenters. The molecule has 1 aliphatic heterocycles. The van der Waals surface area contributed by atoms with Crippen LogP contribution in [0, 0.1) is 0 Å². The molecule has 170 valence electrons. The number of sulfonamides is 1. The van der Waals surface area contributed by atoms with Crippen LogP contribution in [0.4, 0.5) is 0 Å². The molecule has 0 aromatic heterocycles. The first-order valence-electron chi connectivity index (χ1n) is 11.3. The Balaban J connectivity index is 1.77. The Kier molecular flexibility index (Phi) is 8.08. The second-order valence-corrected chi connectivity index (χ2v) is 10.4. The zero-order chi connectivity index (χ0) is 22.4. The van der Waals surface area contributed by atoms with E-state index < -0.39 is 10.0 Å². The summed E-state index contributed by atoms with van der Waals surface area (Å²) in [5, 5.41) is 4.64. The first kappa shape index (κ1) is 23.7. The van der Waals surface area contributed by atoms with Crippen molar-refractivity contribution in [2.24, 2.45) is 0 Å². The number of rotatable bonds is 9. The minimum Gasteiger partial charge on any atom is -0.351 e. The summed E-state index contributed by atoms with van der Waals surface area (Å²) in [6, 6.07) is 13.3. The quantitative estimate of drug-likeness (QED) is 0.617. The van der Waals surface area contributed by atoms with Gasteiger partial charge in [-0.25, -0.2) is 13.1 Å². The van der Waals surface area contributed by atoms with Crippen LogP contribution in [0.5, 0.6) is 0 Å². The SMILES string of the molecule is CCCC(=O)N[C@@H](CNS(=O)(=O)c1cccc2ccccc12)CN1[C@H](C)CCC[C@@H]1C. The van der Waals surface area contributed by atoms with Crippen molar-refractivity contribution in [2.75, 3.05) is 13.1 Å². The van der Waals surface area contributed by atoms with Crippen molar-refractivity contribution in [3.63, 3.8) is 0 Å². The van der Waals surface area contributed by atoms with Gasteiger partial charge in [0.1, 0.15) is 0 Å². The Labute approximate surface area is 186 Å². The van der Waals surface area contributed by atoms with Gasteiger partial charge in [0.05, 0.1) is 10.9 Å². The smallest absolute Gasteiger partial charge is 0.241 e. The summed E-state index contributed by atoms with van der Waals surface area (Å²) in [5.74, 6) is -0.0332. The zero-order valence-corrected chi connectivity index (χ0v) is 19.6. The maximum atomic E-state index is 13.1. The van der Waals surface area contributed by atoms with Crippen molar-refractivity contribution in [1.29, 1.82) is 0 Å². The topological polar surface area (TPSA) is 78.5 Å². The van der Waals surface area contributed by atoms with Crippen molar-refractivity contribution in [2.45, 2.75) is 75.9 Å². The maximum Gasteiger partial charge on any atom is 0.241 e. The number of amides is 1. The Bertz CT molecular complexity index is 977. The summed E-state index contributed by atoms with van der Waals surface area (Å²) >= 11 is 0. The van der Waals surface area contributed by atoms with Gasteiger partial charge in [0.15, 0.2) is 0 Å². The largest absolute Gasteiger partial charge is 0.351 e. The van der Waals surface area contributed by atoms with E-state index in [0.29, 0.717) is 30.4 Å². The number of fused-ring (bicyclic) bond motifs is 1. The number of hydrogen-bond donors (Lipinski definition) is 2. The monoisotopic (exact) mass is 445 g/mol. The van der Waals surface area contributed by atoms with E-state index >= 15 is 0 Å². The van der Waals surface area contributed by atoms with Gasteiger partial charge < -0.3 is 5.32 Å². The van der Waals surface area contributed by atoms with Crippen molar-refractivity contribution in [3.8, 4) is 0 Å². The first-order valence-corrected chi connectivity index (χ1v) is 12.8. The second-order valence-electron chi connectivity index (χ2n) is 8.67. The van der Waals surface area contributed by atoms with E-state index in [1.54, 1.807) is 12.1 Å². The van der Waals surface area contributed by atoms with Gasteiger partial charge in [0.25, 0.3) is 0 Å². The lowest BCUT2D eigenvalue weighted by Gasteiger charge is -2.41. The molecule has 6 nitrogen and oxygen atoms in total. The third-order valence-electron chi connectivity index (χ3n) is 6.21. The van der Waals surface area contributed by atoms with Crippen LogP contribution in [-0.4, -0.2) is 50.4 Å². The van der Waals surface area contributed by atoms with Gasteiger partial charge in [-0.3, -0.25) is 9.69 Å². The van der Waals surface area contributed by atoms with E-state index in [2.05, 4.69) is 28.8 Å². The summed E-state index contributed by atoms with van der Waals surface area (Å²) in [7, 11) is -3.72. The van der Waals surface area contributed by atoms with E-state index in [4.69, 9.17) is 0 Å². The molecule has 0 spiro atoms. The number of carbonyl (C=O) groups is 1. The van der Waals surface area contributed by atoms with Crippen LogP contribution < -0.4 is 10.0 Å². The lowest BCUT2D eigenvalue weighted by molar-refractivity contribution is -0.122. The van der Waals surface area contributed by atoms with Crippen molar-refractivity contribution in [3.05, 3.63) is 42.5 Å². The average Bonchev–Trinajstić information content (AvgIpc) is 2.74. The number of likely N-dealkylation sites (tertiary alicyclic amines) is 1. The standard InChI is InChI=1S/C24H35N3O3S/c1-4-9-24(28)26-21(17-27-18(2)10-7-11-19(27)3)16-25-31(29,30)23-15-8-13-20-12-5-6-14-22(20)23/h5-6,8,12-15,18-19,21,25H,4,7,9-11,16-17H2,1-3H3,(H,26,28)/t18-,19+,21-/m0/s1. The van der Waals surface area contributed by atoms with E-state index in [1.807, 2.05) is 37.3 Å². The first-order chi connectivity index (χ1) is 14.8. The molecule has 7 heteroatoms. The van der Waals surface area contributed by atoms with E-state index in [-0.39, 0.29) is 23.4 Å². The molecular formula is C24H35N3O3S. The molecule has 2 N–H and O–H groups in total. The third kappa shape index (κ3) is 6.05. The van der Waals surface area contributed by atoms with Gasteiger partial charge in [-0.2, -0.15) is 0 Å². The molecule has 2 aromatic rings. The lowest BCUT2D eigenvalue weighted by atomic mass is 9.97. The predicted octanol–water partition coefficient (Wildman–Crippen LogP) is 3.67. The molecule has 0 bridgehead atoms. The minimum absolute atomic E-state index is 0.0332. The number of hydrogen-bond acceptors (Lipinski definition) is 4. The highest BCUT2D eigenvalue weighted by Crippen LogP contribution is 2.24. The maximum absolute atomic E-state index is 13.1. The van der Waals surface area contributed by atoms with Crippen LogP contribution in [0.25, 0.3) is 10.8 Å². The average molecular weight is 446 g/mol. The Morgan fingerprint density at radius 1 is 1.10 bits per heavy atom. The second kappa shape index (κ2) is 10.6. The fraction of sp³-hybridized carbons (Fsp3) is 0.542. The summed E-state index contributed by atoms with van der Waals surface area (Å²) in [6.07, 6.45) is 4.66. The van der Waals surface area contributed by atoms with Gasteiger partial charge in [0.2, 0.25) is 15.9 Å². The summed E-state index contributed by atoms with van der Waals surface area (Å²) in [4.78, 5) is 15.0. The van der Waals surface area contributed by atoms with Crippen LogP contribution in [0.3, 0.4) is 0 Å². The molecule has 0 radical (unpaired) electrons. The molecule has 1 saturated heterocycles. The van der Waals surface area contributed by atoms with Gasteiger partial charge in [-0.05, 0) is 44.6 Å². The molecule has 2 aromatic carbocycles. The molecule has 1 aliphatic rings. The fourth-order valence-corrected chi connectivity index (χ4v) is 5.80. The van der Waals surface area contributed by atoms with Crippen molar-refractivity contribution < 1.29 is 13.2 Å². The molecule has 1 heterocycles. The van der Waals surface area contributed by atoms with Gasteiger partial charge in [0, 0.05) is 37.0 Å². The van der Waals surface area contributed by atoms with E-state index in [0.717, 1.165) is 24.6 Å². The highest BCUT2D eigenvalue weighted by atomic mass is 32.2. The number of nitrogens with one attached hydrogen (secondary N) is 2. The molecule has 0 aliphatic carbocycles. The molecule has 0 saturated carbocycles. The van der Waals surface area contributed by atoms with Crippen LogP contribution in [0.1, 0.15) is 52.9 Å². The normalized spacial score (nSPS) is 21.1. The molecule has 3 atom stereocenters. The summed E-state index contributed by atoms with van der Waals surface area (Å²) in [5.41, 5.74) is 0. The van der Waals surface area contributed by atoms with Crippen molar-refractivity contribution >= 4 is 26.7 Å². The predicted molar refractivity (Wildman–Crippen MR) is 125 cm³/mol. The molecular weight excluding hydrogens is 410 g/mol. The van der Waals surface area contributed by atoms with Gasteiger partial charge in [-0.15, -0.1) is 0 Å². The zero-order valence-electron chi connectivity index (χ0n) is 18.8. The van der Waals surface area contributed by atoms with Crippen LogP contribution in [0.2, 0.25) is 0 Å². The minimum atomic E-state index is -3.72. The molecule has 1 amide bonds.